The van der Waals surface area contributed by atoms with Gasteiger partial charge in [-0.05, 0) is 18.9 Å². The van der Waals surface area contributed by atoms with Crippen molar-refractivity contribution >= 4 is 22.6 Å². The van der Waals surface area contributed by atoms with E-state index in [1.54, 1.807) is 13.1 Å². The zero-order valence-corrected chi connectivity index (χ0v) is 13.6. The summed E-state index contributed by atoms with van der Waals surface area (Å²) in [5.41, 5.74) is 0.462. The van der Waals surface area contributed by atoms with Gasteiger partial charge in [-0.15, -0.1) is 0 Å². The van der Waals surface area contributed by atoms with E-state index in [9.17, 15) is 4.79 Å². The smallest absolute Gasteiger partial charge is 0.271 e. The van der Waals surface area contributed by atoms with Crippen LogP contribution in [0.15, 0.2) is 12.3 Å². The second-order valence-electron chi connectivity index (χ2n) is 5.35. The first-order chi connectivity index (χ1) is 10.7. The van der Waals surface area contributed by atoms with Gasteiger partial charge in [-0.1, -0.05) is 6.92 Å². The van der Waals surface area contributed by atoms with E-state index in [0.717, 1.165) is 43.3 Å². The van der Waals surface area contributed by atoms with Crippen LogP contribution >= 0.6 is 11.5 Å². The third-order valence-corrected chi connectivity index (χ3v) is 4.70. The Hall–Kier alpha value is -1.96. The number of aromatic nitrogens is 4. The normalized spacial score (nSPS) is 18.5. The Bertz CT molecular complexity index is 651. The maximum absolute atomic E-state index is 11.6. The maximum atomic E-state index is 11.6. The van der Waals surface area contributed by atoms with Crippen molar-refractivity contribution in [3.63, 3.8) is 0 Å². The maximum Gasteiger partial charge on any atom is 0.271 e. The van der Waals surface area contributed by atoms with Gasteiger partial charge in [-0.3, -0.25) is 9.48 Å². The highest BCUT2D eigenvalue weighted by atomic mass is 32.1. The molecule has 0 unspecified atom stereocenters. The second kappa shape index (κ2) is 6.43. The minimum absolute atomic E-state index is 0.150. The number of amides is 1. The lowest BCUT2D eigenvalue weighted by atomic mass is 10.1. The second-order valence-corrected chi connectivity index (χ2v) is 6.08. The number of hydrogen-bond acceptors (Lipinski definition) is 6. The Morgan fingerprint density at radius 1 is 1.55 bits per heavy atom. The summed E-state index contributed by atoms with van der Waals surface area (Å²) in [6, 6.07) is 2.03. The van der Waals surface area contributed by atoms with Gasteiger partial charge in [0.25, 0.3) is 5.91 Å². The predicted molar refractivity (Wildman–Crippen MR) is 85.4 cm³/mol. The van der Waals surface area contributed by atoms with Gasteiger partial charge in [0, 0.05) is 44.3 Å². The van der Waals surface area contributed by atoms with Crippen LogP contribution in [0.25, 0.3) is 0 Å². The average molecular weight is 320 g/mol. The van der Waals surface area contributed by atoms with Crippen LogP contribution in [0.4, 0.5) is 5.13 Å². The number of nitrogens with zero attached hydrogens (tertiary/aromatic N) is 5. The SMILES string of the molecule is CCc1nsc(N2CCC[C@@H](n3ccc(C(=O)NC)n3)C2)n1. The van der Waals surface area contributed by atoms with Crippen LogP contribution < -0.4 is 10.2 Å². The molecule has 1 N–H and O–H groups in total. The summed E-state index contributed by atoms with van der Waals surface area (Å²) in [6.45, 7) is 3.92. The van der Waals surface area contributed by atoms with Gasteiger partial charge in [0.1, 0.15) is 11.5 Å². The fraction of sp³-hybridized carbons (Fsp3) is 0.571. The summed E-state index contributed by atoms with van der Waals surface area (Å²) < 4.78 is 6.26. The highest BCUT2D eigenvalue weighted by molar-refractivity contribution is 7.09. The van der Waals surface area contributed by atoms with Crippen molar-refractivity contribution in [3.05, 3.63) is 23.8 Å². The van der Waals surface area contributed by atoms with Gasteiger partial charge in [0.05, 0.1) is 6.04 Å². The molecule has 7 nitrogen and oxygen atoms in total. The average Bonchev–Trinajstić information content (AvgIpc) is 3.23. The fourth-order valence-corrected chi connectivity index (χ4v) is 3.44. The summed E-state index contributed by atoms with van der Waals surface area (Å²) in [4.78, 5) is 18.5. The molecule has 1 amide bonds. The lowest BCUT2D eigenvalue weighted by Gasteiger charge is -2.32. The topological polar surface area (TPSA) is 75.9 Å². The molecule has 118 valence electrons. The minimum Gasteiger partial charge on any atom is -0.354 e. The number of piperidine rings is 1. The van der Waals surface area contributed by atoms with Gasteiger partial charge < -0.3 is 10.2 Å². The van der Waals surface area contributed by atoms with Crippen LogP contribution in [0.2, 0.25) is 0 Å². The lowest BCUT2D eigenvalue weighted by Crippen LogP contribution is -2.37. The van der Waals surface area contributed by atoms with Crippen molar-refractivity contribution in [2.75, 3.05) is 25.0 Å². The Labute approximate surface area is 133 Å². The molecule has 1 fully saturated rings. The van der Waals surface area contributed by atoms with Crippen LogP contribution in [0.5, 0.6) is 0 Å². The van der Waals surface area contributed by atoms with Crippen LogP contribution in [0.3, 0.4) is 0 Å². The number of carbonyl (C=O) groups is 1. The molecule has 3 rings (SSSR count). The van der Waals surface area contributed by atoms with E-state index in [2.05, 4.69) is 31.6 Å². The summed E-state index contributed by atoms with van der Waals surface area (Å²) in [6.07, 6.45) is 4.89. The molecule has 0 bridgehead atoms. The summed E-state index contributed by atoms with van der Waals surface area (Å²) >= 11 is 1.46. The van der Waals surface area contributed by atoms with Crippen molar-refractivity contribution in [1.82, 2.24) is 24.5 Å². The van der Waals surface area contributed by atoms with Crippen molar-refractivity contribution in [1.29, 1.82) is 0 Å². The highest BCUT2D eigenvalue weighted by Gasteiger charge is 2.24. The first-order valence-electron chi connectivity index (χ1n) is 7.56. The summed E-state index contributed by atoms with van der Waals surface area (Å²) in [7, 11) is 1.62. The number of rotatable bonds is 4. The molecule has 1 atom stereocenters. The Morgan fingerprint density at radius 3 is 3.14 bits per heavy atom. The molecule has 1 aliphatic rings. The molecular formula is C14H20N6OS. The standard InChI is InChI=1S/C14H20N6OS/c1-3-12-16-14(22-18-12)19-7-4-5-10(9-19)20-8-6-11(17-20)13(21)15-2/h6,8,10H,3-5,7,9H2,1-2H3,(H,15,21)/t10-/m1/s1. The van der Waals surface area contributed by atoms with E-state index in [-0.39, 0.29) is 11.9 Å². The third kappa shape index (κ3) is 2.96. The summed E-state index contributed by atoms with van der Waals surface area (Å²) in [5, 5.41) is 7.99. The molecule has 0 saturated carbocycles. The van der Waals surface area contributed by atoms with E-state index in [4.69, 9.17) is 0 Å². The summed E-state index contributed by atoms with van der Waals surface area (Å²) in [5.74, 6) is 0.756. The molecule has 2 aromatic heterocycles. The van der Waals surface area contributed by atoms with E-state index >= 15 is 0 Å². The number of nitrogens with one attached hydrogen (secondary N) is 1. The van der Waals surface area contributed by atoms with Crippen LogP contribution in [-0.2, 0) is 6.42 Å². The van der Waals surface area contributed by atoms with Crippen molar-refractivity contribution < 1.29 is 4.79 Å². The first-order valence-corrected chi connectivity index (χ1v) is 8.33. The molecule has 8 heteroatoms. The Kier molecular flexibility index (Phi) is 4.37. The van der Waals surface area contributed by atoms with E-state index in [1.807, 2.05) is 10.9 Å². The fourth-order valence-electron chi connectivity index (χ4n) is 2.65. The minimum atomic E-state index is -0.150. The van der Waals surface area contributed by atoms with Gasteiger partial charge in [-0.2, -0.15) is 9.47 Å². The number of anilines is 1. The first kappa shape index (κ1) is 15.0. The number of aryl methyl sites for hydroxylation is 1. The zero-order valence-electron chi connectivity index (χ0n) is 12.8. The molecule has 3 heterocycles. The van der Waals surface area contributed by atoms with E-state index in [0.29, 0.717) is 5.69 Å². The molecule has 22 heavy (non-hydrogen) atoms. The molecule has 0 aliphatic carbocycles. The molecule has 1 saturated heterocycles. The van der Waals surface area contributed by atoms with Gasteiger partial charge in [0.15, 0.2) is 0 Å². The van der Waals surface area contributed by atoms with E-state index in [1.165, 1.54) is 11.5 Å². The Balaban J connectivity index is 1.72. The van der Waals surface area contributed by atoms with Gasteiger partial charge in [0.2, 0.25) is 5.13 Å². The highest BCUT2D eigenvalue weighted by Crippen LogP contribution is 2.27. The molecule has 0 radical (unpaired) electrons. The van der Waals surface area contributed by atoms with Gasteiger partial charge in [-0.25, -0.2) is 4.98 Å². The van der Waals surface area contributed by atoms with E-state index < -0.39 is 0 Å². The molecular weight excluding hydrogens is 300 g/mol. The molecule has 0 spiro atoms. The quantitative estimate of drug-likeness (QED) is 0.924. The zero-order chi connectivity index (χ0) is 15.5. The van der Waals surface area contributed by atoms with Gasteiger partial charge >= 0.3 is 0 Å². The number of hydrogen-bond donors (Lipinski definition) is 1. The van der Waals surface area contributed by atoms with Crippen molar-refractivity contribution in [2.45, 2.75) is 32.2 Å². The number of carbonyl (C=O) groups excluding carboxylic acids is 1. The predicted octanol–water partition coefficient (Wildman–Crippen LogP) is 1.50. The van der Waals surface area contributed by atoms with Crippen LogP contribution in [0, 0.1) is 0 Å². The Morgan fingerprint density at radius 2 is 2.41 bits per heavy atom. The lowest BCUT2D eigenvalue weighted by molar-refractivity contribution is 0.0957. The monoisotopic (exact) mass is 320 g/mol. The van der Waals surface area contributed by atoms with Crippen molar-refractivity contribution in [2.24, 2.45) is 0 Å². The van der Waals surface area contributed by atoms with Crippen LogP contribution in [-0.4, -0.2) is 45.2 Å². The molecule has 2 aromatic rings. The third-order valence-electron chi connectivity index (χ3n) is 3.88. The molecule has 0 aromatic carbocycles. The van der Waals surface area contributed by atoms with Crippen LogP contribution in [0.1, 0.15) is 42.1 Å². The molecule has 1 aliphatic heterocycles. The largest absolute Gasteiger partial charge is 0.354 e. The van der Waals surface area contributed by atoms with Crippen molar-refractivity contribution in [3.8, 4) is 0 Å².